The minimum absolute atomic E-state index is 0.0275. The van der Waals surface area contributed by atoms with Crippen molar-refractivity contribution in [1.82, 2.24) is 20.4 Å². The molecule has 1 saturated carbocycles. The lowest BCUT2D eigenvalue weighted by Gasteiger charge is -2.32. The zero-order chi connectivity index (χ0) is 38.5. The lowest BCUT2D eigenvalue weighted by atomic mass is 9.87. The van der Waals surface area contributed by atoms with Crippen molar-refractivity contribution in [3.05, 3.63) is 71.8 Å². The van der Waals surface area contributed by atoms with E-state index < -0.39 is 29.3 Å². The van der Waals surface area contributed by atoms with Crippen molar-refractivity contribution >= 4 is 29.2 Å². The highest BCUT2D eigenvalue weighted by Gasteiger charge is 2.48. The van der Waals surface area contributed by atoms with E-state index in [9.17, 15) is 24.0 Å². The predicted octanol–water partition coefficient (Wildman–Crippen LogP) is 5.69. The van der Waals surface area contributed by atoms with E-state index in [1.165, 1.54) is 0 Å². The standard InChI is InChI=1S/C44H64N4O5/c1-31(2)25-38(45-42(52)35(18-17-33-13-9-7-10-14-33)28-37(49)30-48-23-21-47(6)22-24-48)40(50)29-36(27-34-15-11-8-12-16-34)43(53)46-39(26-32(3)4)41(51)44(5)19-20-44/h7-16,31-32,35-36,38-39H,17-30H2,1-6H3,(H,45,52)(H,46,53)/t35-,36-,38?,39?/m1/s1. The van der Waals surface area contributed by atoms with Gasteiger partial charge < -0.3 is 15.5 Å². The fraction of sp³-hybridized carbons (Fsp3) is 0.614. The van der Waals surface area contributed by atoms with E-state index in [0.717, 1.165) is 50.1 Å². The maximum atomic E-state index is 14.3. The molecule has 2 fully saturated rings. The molecular weight excluding hydrogens is 665 g/mol. The Hall–Kier alpha value is -3.69. The summed E-state index contributed by atoms with van der Waals surface area (Å²) in [6.45, 7) is 13.8. The minimum Gasteiger partial charge on any atom is -0.346 e. The van der Waals surface area contributed by atoms with Gasteiger partial charge in [0.05, 0.1) is 18.6 Å². The van der Waals surface area contributed by atoms with E-state index in [4.69, 9.17) is 0 Å². The topological polar surface area (TPSA) is 116 Å². The number of piperazine rings is 1. The summed E-state index contributed by atoms with van der Waals surface area (Å²) < 4.78 is 0. The van der Waals surface area contributed by atoms with E-state index in [1.54, 1.807) is 0 Å². The molecule has 0 aromatic heterocycles. The third kappa shape index (κ3) is 13.9. The average molecular weight is 729 g/mol. The molecule has 0 radical (unpaired) electrons. The zero-order valence-electron chi connectivity index (χ0n) is 33.1. The highest BCUT2D eigenvalue weighted by molar-refractivity contribution is 5.97. The van der Waals surface area contributed by atoms with Crippen LogP contribution in [0.25, 0.3) is 0 Å². The van der Waals surface area contributed by atoms with Gasteiger partial charge in [0.15, 0.2) is 11.6 Å². The Morgan fingerprint density at radius 3 is 1.79 bits per heavy atom. The first-order chi connectivity index (χ1) is 25.2. The number of likely N-dealkylation sites (N-methyl/N-ethyl adjacent to an activating group) is 1. The summed E-state index contributed by atoms with van der Waals surface area (Å²) in [5.41, 5.74) is 1.62. The molecule has 2 aromatic rings. The molecule has 1 aliphatic carbocycles. The van der Waals surface area contributed by atoms with Gasteiger partial charge in [0.25, 0.3) is 0 Å². The molecule has 0 spiro atoms. The molecule has 2 aromatic carbocycles. The molecule has 1 aliphatic heterocycles. The highest BCUT2D eigenvalue weighted by atomic mass is 16.2. The predicted molar refractivity (Wildman–Crippen MR) is 210 cm³/mol. The van der Waals surface area contributed by atoms with E-state index in [1.807, 2.05) is 95.3 Å². The molecule has 2 N–H and O–H groups in total. The van der Waals surface area contributed by atoms with Crippen molar-refractivity contribution in [1.29, 1.82) is 0 Å². The van der Waals surface area contributed by atoms with Gasteiger partial charge >= 0.3 is 0 Å². The molecule has 1 saturated heterocycles. The maximum absolute atomic E-state index is 14.3. The third-order valence-electron chi connectivity index (χ3n) is 11.0. The van der Waals surface area contributed by atoms with Crippen LogP contribution in [-0.2, 0) is 36.8 Å². The van der Waals surface area contributed by atoms with Crippen molar-refractivity contribution in [2.45, 2.75) is 104 Å². The molecule has 2 aliphatic rings. The van der Waals surface area contributed by atoms with E-state index in [0.29, 0.717) is 38.6 Å². The number of amides is 2. The van der Waals surface area contributed by atoms with Crippen molar-refractivity contribution in [2.75, 3.05) is 39.8 Å². The van der Waals surface area contributed by atoms with Crippen LogP contribution in [0.3, 0.4) is 0 Å². The number of nitrogens with zero attached hydrogens (tertiary/aromatic N) is 2. The van der Waals surface area contributed by atoms with Crippen molar-refractivity contribution in [3.8, 4) is 0 Å². The summed E-state index contributed by atoms with van der Waals surface area (Å²) >= 11 is 0. The Morgan fingerprint density at radius 2 is 1.23 bits per heavy atom. The molecule has 4 atom stereocenters. The Bertz CT molecular complexity index is 1500. The van der Waals surface area contributed by atoms with Crippen LogP contribution >= 0.6 is 0 Å². The van der Waals surface area contributed by atoms with E-state index in [2.05, 4.69) is 27.5 Å². The molecule has 290 valence electrons. The number of nitrogens with one attached hydrogen (secondary N) is 2. The first-order valence-electron chi connectivity index (χ1n) is 19.9. The van der Waals surface area contributed by atoms with Gasteiger partial charge in [0.1, 0.15) is 5.78 Å². The minimum atomic E-state index is -0.806. The fourth-order valence-corrected chi connectivity index (χ4v) is 7.33. The summed E-state index contributed by atoms with van der Waals surface area (Å²) in [5, 5.41) is 6.15. The van der Waals surface area contributed by atoms with Gasteiger partial charge in [-0.3, -0.25) is 28.9 Å². The van der Waals surface area contributed by atoms with Gasteiger partial charge in [-0.1, -0.05) is 95.3 Å². The summed E-state index contributed by atoms with van der Waals surface area (Å²) in [6, 6.07) is 18.1. The number of Topliss-reactive ketones (excluding diaryl/α,β-unsaturated/α-hetero) is 3. The first kappa shape index (κ1) is 42.1. The quantitative estimate of drug-likeness (QED) is 0.160. The van der Waals surface area contributed by atoms with Gasteiger partial charge in [-0.05, 0) is 75.0 Å². The van der Waals surface area contributed by atoms with Gasteiger partial charge in [0, 0.05) is 56.3 Å². The number of hydrogen-bond acceptors (Lipinski definition) is 7. The largest absolute Gasteiger partial charge is 0.346 e. The number of benzene rings is 2. The number of rotatable bonds is 22. The molecular formula is C44H64N4O5. The van der Waals surface area contributed by atoms with Crippen LogP contribution in [0.4, 0.5) is 0 Å². The zero-order valence-corrected chi connectivity index (χ0v) is 33.1. The molecule has 1 heterocycles. The summed E-state index contributed by atoms with van der Waals surface area (Å²) in [4.78, 5) is 73.8. The lowest BCUT2D eigenvalue weighted by molar-refractivity contribution is -0.135. The van der Waals surface area contributed by atoms with Gasteiger partial charge in [-0.15, -0.1) is 0 Å². The molecule has 53 heavy (non-hydrogen) atoms. The summed E-state index contributed by atoms with van der Waals surface area (Å²) in [7, 11) is 2.08. The normalized spacial score (nSPS) is 18.2. The molecule has 2 unspecified atom stereocenters. The Kier molecular flexibility index (Phi) is 16.0. The van der Waals surface area contributed by atoms with Crippen LogP contribution in [0.2, 0.25) is 0 Å². The number of hydrogen-bond donors (Lipinski definition) is 2. The number of carbonyl (C=O) groups is 5. The number of carbonyl (C=O) groups excluding carboxylic acids is 5. The molecule has 2 amide bonds. The van der Waals surface area contributed by atoms with E-state index >= 15 is 0 Å². The van der Waals surface area contributed by atoms with Gasteiger partial charge in [0.2, 0.25) is 11.8 Å². The SMILES string of the molecule is CC(C)CC(NC(=O)[C@H](CCc1ccccc1)CC(=O)CN1CCN(C)CC1)C(=O)C[C@@H](Cc1ccccc1)C(=O)NC(CC(C)C)C(=O)C1(C)CC1. The summed E-state index contributed by atoms with van der Waals surface area (Å²) in [5.74, 6) is -1.73. The lowest BCUT2D eigenvalue weighted by Crippen LogP contribution is -2.49. The number of aryl methyl sites for hydroxylation is 1. The van der Waals surface area contributed by atoms with Gasteiger partial charge in [-0.2, -0.15) is 0 Å². The third-order valence-corrected chi connectivity index (χ3v) is 11.0. The molecule has 0 bridgehead atoms. The average Bonchev–Trinajstić information content (AvgIpc) is 3.88. The van der Waals surface area contributed by atoms with Crippen molar-refractivity contribution < 1.29 is 24.0 Å². The second-order valence-corrected chi connectivity index (χ2v) is 16.9. The second kappa shape index (κ2) is 20.1. The fourth-order valence-electron chi connectivity index (χ4n) is 7.33. The smallest absolute Gasteiger partial charge is 0.224 e. The van der Waals surface area contributed by atoms with Gasteiger partial charge in [-0.25, -0.2) is 0 Å². The first-order valence-corrected chi connectivity index (χ1v) is 19.9. The monoisotopic (exact) mass is 728 g/mol. The Labute approximate surface area is 318 Å². The summed E-state index contributed by atoms with van der Waals surface area (Å²) in [6.07, 6.45) is 4.09. The second-order valence-electron chi connectivity index (χ2n) is 16.9. The Morgan fingerprint density at radius 1 is 0.698 bits per heavy atom. The molecule has 4 rings (SSSR count). The molecule has 9 nitrogen and oxygen atoms in total. The van der Waals surface area contributed by atoms with Crippen LogP contribution < -0.4 is 10.6 Å². The Balaban J connectivity index is 1.51. The highest BCUT2D eigenvalue weighted by Crippen LogP contribution is 2.47. The van der Waals surface area contributed by atoms with Crippen molar-refractivity contribution in [2.24, 2.45) is 29.1 Å². The van der Waals surface area contributed by atoms with E-state index in [-0.39, 0.29) is 53.8 Å². The molecule has 9 heteroatoms. The van der Waals surface area contributed by atoms with Crippen LogP contribution in [0.5, 0.6) is 0 Å². The van der Waals surface area contributed by atoms with Crippen LogP contribution in [-0.4, -0.2) is 90.8 Å². The van der Waals surface area contributed by atoms with Crippen LogP contribution in [0.15, 0.2) is 60.7 Å². The van der Waals surface area contributed by atoms with Crippen LogP contribution in [0, 0.1) is 29.1 Å². The van der Waals surface area contributed by atoms with Crippen molar-refractivity contribution in [3.63, 3.8) is 0 Å². The number of ketones is 3. The maximum Gasteiger partial charge on any atom is 0.224 e. The van der Waals surface area contributed by atoms with Crippen LogP contribution in [0.1, 0.15) is 90.7 Å².